The number of ether oxygens (including phenoxy) is 2. The number of carbonyl (C=O) groups excluding carboxylic acids is 2. The predicted molar refractivity (Wildman–Crippen MR) is 143 cm³/mol. The van der Waals surface area contributed by atoms with Crippen LogP contribution in [0.4, 0.5) is 20.2 Å². The smallest absolute Gasteiger partial charge is 0.508 e. The molecule has 2 amide bonds. The van der Waals surface area contributed by atoms with Gasteiger partial charge < -0.3 is 30.5 Å². The van der Waals surface area contributed by atoms with Gasteiger partial charge in [-0.1, -0.05) is 24.3 Å². The number of halogens is 2. The molecular weight excluding hydrogens is 522 g/mol. The Balaban J connectivity index is 1.19. The maximum atomic E-state index is 13.3. The van der Waals surface area contributed by atoms with Crippen LogP contribution in [0.3, 0.4) is 0 Å². The Hall–Kier alpha value is -5.19. The summed E-state index contributed by atoms with van der Waals surface area (Å²) in [5, 5.41) is 18.1. The first-order valence-corrected chi connectivity index (χ1v) is 12.3. The van der Waals surface area contributed by atoms with E-state index in [0.717, 1.165) is 11.1 Å². The van der Waals surface area contributed by atoms with Gasteiger partial charge in [0, 0.05) is 36.7 Å². The molecule has 0 fully saturated rings. The number of phenols is 1. The van der Waals surface area contributed by atoms with Crippen LogP contribution in [0.5, 0.6) is 17.2 Å². The molecule has 0 spiro atoms. The Morgan fingerprint density at radius 1 is 0.875 bits per heavy atom. The van der Waals surface area contributed by atoms with Crippen LogP contribution in [-0.4, -0.2) is 34.7 Å². The molecular formula is C29H24F2N4O5. The summed E-state index contributed by atoms with van der Waals surface area (Å²) in [4.78, 5) is 29.7. The number of nitrogens with zero attached hydrogens (tertiary/aromatic N) is 1. The number of para-hydroxylation sites is 1. The highest BCUT2D eigenvalue weighted by atomic mass is 19.3. The first-order chi connectivity index (χ1) is 19.3. The number of aromatic nitrogens is 1. The molecule has 0 aliphatic carbocycles. The Morgan fingerprint density at radius 2 is 1.65 bits per heavy atom. The van der Waals surface area contributed by atoms with Crippen molar-refractivity contribution in [3.05, 3.63) is 107 Å². The van der Waals surface area contributed by atoms with Gasteiger partial charge in [0.25, 0.3) is 11.8 Å². The summed E-state index contributed by atoms with van der Waals surface area (Å²) in [7, 11) is 0. The lowest BCUT2D eigenvalue weighted by atomic mass is 10.1. The number of carbonyl (C=O) groups is 2. The molecule has 3 aromatic carbocycles. The van der Waals surface area contributed by atoms with Crippen molar-refractivity contribution in [2.75, 3.05) is 17.2 Å². The van der Waals surface area contributed by atoms with Gasteiger partial charge in [0.1, 0.15) is 11.4 Å². The first-order valence-electron chi connectivity index (χ1n) is 12.3. The molecule has 0 bridgehead atoms. The van der Waals surface area contributed by atoms with Gasteiger partial charge in [0.2, 0.25) is 0 Å². The topological polar surface area (TPSA) is 122 Å². The van der Waals surface area contributed by atoms with Gasteiger partial charge in [-0.2, -0.15) is 0 Å². The lowest BCUT2D eigenvalue weighted by molar-refractivity contribution is -0.286. The third kappa shape index (κ3) is 6.44. The van der Waals surface area contributed by atoms with Crippen molar-refractivity contribution >= 4 is 23.2 Å². The number of pyridine rings is 1. The molecule has 0 radical (unpaired) electrons. The van der Waals surface area contributed by atoms with E-state index in [2.05, 4.69) is 30.4 Å². The molecule has 1 aliphatic rings. The fourth-order valence-corrected chi connectivity index (χ4v) is 4.04. The van der Waals surface area contributed by atoms with Gasteiger partial charge in [-0.05, 0) is 66.1 Å². The van der Waals surface area contributed by atoms with E-state index in [9.17, 15) is 23.5 Å². The number of amides is 2. The number of hydrogen-bond acceptors (Lipinski definition) is 7. The zero-order valence-corrected chi connectivity index (χ0v) is 21.0. The quantitative estimate of drug-likeness (QED) is 0.235. The van der Waals surface area contributed by atoms with Crippen LogP contribution in [0.2, 0.25) is 0 Å². The van der Waals surface area contributed by atoms with Gasteiger partial charge in [-0.3, -0.25) is 14.6 Å². The molecule has 0 saturated carbocycles. The highest BCUT2D eigenvalue weighted by Gasteiger charge is 2.43. The van der Waals surface area contributed by atoms with E-state index >= 15 is 0 Å². The van der Waals surface area contributed by atoms with Crippen molar-refractivity contribution in [3.63, 3.8) is 0 Å². The van der Waals surface area contributed by atoms with Crippen LogP contribution in [-0.2, 0) is 13.0 Å². The fraction of sp³-hybridized carbons (Fsp3) is 0.138. The van der Waals surface area contributed by atoms with E-state index in [1.807, 2.05) is 0 Å². The average Bonchev–Trinajstić information content (AvgIpc) is 3.26. The molecule has 204 valence electrons. The van der Waals surface area contributed by atoms with Crippen LogP contribution in [0.25, 0.3) is 0 Å². The molecule has 9 nitrogen and oxygen atoms in total. The summed E-state index contributed by atoms with van der Waals surface area (Å²) < 4.78 is 35.4. The second-order valence-corrected chi connectivity index (χ2v) is 8.90. The van der Waals surface area contributed by atoms with Gasteiger partial charge >= 0.3 is 6.29 Å². The van der Waals surface area contributed by atoms with Gasteiger partial charge in [-0.25, -0.2) is 0 Å². The SMILES string of the molecule is O=C(NCCc1ccc(O)cc1)c1cc(CNc2ccccc2C(=O)Nc2ccc3c(c2)OC(F)(F)O3)ccn1. The minimum atomic E-state index is -3.75. The Bertz CT molecular complexity index is 1550. The maximum Gasteiger partial charge on any atom is 0.586 e. The number of anilines is 2. The Labute approximate surface area is 227 Å². The summed E-state index contributed by atoms with van der Waals surface area (Å²) in [6.45, 7) is 0.710. The van der Waals surface area contributed by atoms with Crippen molar-refractivity contribution in [1.82, 2.24) is 10.3 Å². The van der Waals surface area contributed by atoms with E-state index in [4.69, 9.17) is 0 Å². The Kier molecular flexibility index (Phi) is 7.45. The van der Waals surface area contributed by atoms with Crippen LogP contribution in [0, 0.1) is 0 Å². The third-order valence-corrected chi connectivity index (χ3v) is 6.01. The number of fused-ring (bicyclic) bond motifs is 1. The van der Waals surface area contributed by atoms with Gasteiger partial charge in [0.05, 0.1) is 5.56 Å². The highest BCUT2D eigenvalue weighted by molar-refractivity contribution is 6.08. The van der Waals surface area contributed by atoms with Crippen molar-refractivity contribution in [3.8, 4) is 17.2 Å². The third-order valence-electron chi connectivity index (χ3n) is 6.01. The van der Waals surface area contributed by atoms with Crippen LogP contribution >= 0.6 is 0 Å². The summed E-state index contributed by atoms with van der Waals surface area (Å²) in [6.07, 6.45) is -1.61. The summed E-state index contributed by atoms with van der Waals surface area (Å²) in [6, 6.07) is 21.0. The number of aromatic hydroxyl groups is 1. The van der Waals surface area contributed by atoms with E-state index in [-0.39, 0.29) is 34.5 Å². The number of nitrogens with one attached hydrogen (secondary N) is 3. The molecule has 40 heavy (non-hydrogen) atoms. The van der Waals surface area contributed by atoms with Crippen LogP contribution in [0.15, 0.2) is 85.1 Å². The molecule has 0 atom stereocenters. The molecule has 5 rings (SSSR count). The maximum absolute atomic E-state index is 13.3. The van der Waals surface area contributed by atoms with E-state index in [0.29, 0.717) is 30.8 Å². The number of rotatable bonds is 9. The summed E-state index contributed by atoms with van der Waals surface area (Å²) in [5.74, 6) is -0.885. The molecule has 1 aliphatic heterocycles. The van der Waals surface area contributed by atoms with Crippen molar-refractivity contribution in [2.45, 2.75) is 19.3 Å². The number of hydrogen-bond donors (Lipinski definition) is 4. The first kappa shape index (κ1) is 26.4. The lowest BCUT2D eigenvalue weighted by Crippen LogP contribution is -2.26. The van der Waals surface area contributed by atoms with E-state index < -0.39 is 12.2 Å². The number of benzene rings is 3. The zero-order chi connectivity index (χ0) is 28.1. The largest absolute Gasteiger partial charge is 0.586 e. The summed E-state index contributed by atoms with van der Waals surface area (Å²) >= 11 is 0. The summed E-state index contributed by atoms with van der Waals surface area (Å²) in [5.41, 5.74) is 3.12. The molecule has 1 aromatic heterocycles. The molecule has 11 heteroatoms. The average molecular weight is 547 g/mol. The number of alkyl halides is 2. The van der Waals surface area contributed by atoms with E-state index in [1.165, 1.54) is 24.4 Å². The lowest BCUT2D eigenvalue weighted by Gasteiger charge is -2.13. The molecule has 4 N–H and O–H groups in total. The van der Waals surface area contributed by atoms with E-state index in [1.54, 1.807) is 60.7 Å². The van der Waals surface area contributed by atoms with Crippen LogP contribution < -0.4 is 25.4 Å². The number of phenolic OH excluding ortho intramolecular Hbond substituents is 1. The van der Waals surface area contributed by atoms with Crippen molar-refractivity contribution < 1.29 is 33.0 Å². The second kappa shape index (κ2) is 11.3. The molecule has 2 heterocycles. The second-order valence-electron chi connectivity index (χ2n) is 8.90. The molecule has 0 unspecified atom stereocenters. The van der Waals surface area contributed by atoms with Crippen LogP contribution in [0.1, 0.15) is 32.0 Å². The van der Waals surface area contributed by atoms with Gasteiger partial charge in [0.15, 0.2) is 11.5 Å². The minimum Gasteiger partial charge on any atom is -0.508 e. The monoisotopic (exact) mass is 546 g/mol. The minimum absolute atomic E-state index is 0.118. The fourth-order valence-electron chi connectivity index (χ4n) is 4.04. The standard InChI is InChI=1S/C29H24F2N4O5/c30-29(31)39-25-10-7-20(16-26(25)40-29)35-27(37)22-3-1-2-4-23(22)34-17-19-12-13-32-24(15-19)28(38)33-14-11-18-5-8-21(36)9-6-18/h1-10,12-13,15-16,34,36H,11,14,17H2,(H,33,38)(H,35,37). The normalized spacial score (nSPS) is 12.9. The van der Waals surface area contributed by atoms with Gasteiger partial charge in [-0.15, -0.1) is 8.78 Å². The molecule has 0 saturated heterocycles. The predicted octanol–water partition coefficient (Wildman–Crippen LogP) is 4.95. The van der Waals surface area contributed by atoms with Crippen molar-refractivity contribution in [2.24, 2.45) is 0 Å². The zero-order valence-electron chi connectivity index (χ0n) is 21.0. The molecule has 4 aromatic rings. The highest BCUT2D eigenvalue weighted by Crippen LogP contribution is 2.42. The van der Waals surface area contributed by atoms with Crippen molar-refractivity contribution in [1.29, 1.82) is 0 Å². The Morgan fingerprint density at radius 3 is 2.48 bits per heavy atom.